The summed E-state index contributed by atoms with van der Waals surface area (Å²) in [6.07, 6.45) is 3.51. The number of nitriles is 1. The Balaban J connectivity index is 2.74. The third-order valence-electron chi connectivity index (χ3n) is 2.79. The largest absolute Gasteiger partial charge is 0.494 e. The van der Waals surface area contributed by atoms with Crippen LogP contribution in [0, 0.1) is 25.2 Å². The number of methoxy groups -OCH3 is 1. The Morgan fingerprint density at radius 2 is 2.06 bits per heavy atom. The fraction of sp³-hybridized carbons (Fsp3) is 0.214. The maximum atomic E-state index is 9.00. The second-order valence-electron chi connectivity index (χ2n) is 3.98. The third kappa shape index (κ3) is 2.03. The molecule has 2 aromatic rings. The molecule has 4 nitrogen and oxygen atoms in total. The molecule has 0 aliphatic carbocycles. The van der Waals surface area contributed by atoms with E-state index < -0.39 is 0 Å². The molecule has 0 amide bonds. The first-order valence-electron chi connectivity index (χ1n) is 5.54. The second kappa shape index (κ2) is 4.84. The van der Waals surface area contributed by atoms with Crippen molar-refractivity contribution in [3.63, 3.8) is 0 Å². The summed E-state index contributed by atoms with van der Waals surface area (Å²) in [5.74, 6) is 0.685. The summed E-state index contributed by atoms with van der Waals surface area (Å²) in [6.45, 7) is 3.83. The predicted molar refractivity (Wildman–Crippen MR) is 68.2 cm³/mol. The standard InChI is InChI=1S/C14H13N3O/c1-9-4-5-16-8-13(9)12-6-11(7-15)17-10(2)14(12)18-3/h4-6,8H,1-3H3. The Hall–Kier alpha value is -2.41. The number of rotatable bonds is 2. The molecule has 2 rings (SSSR count). The molecule has 0 radical (unpaired) electrons. The van der Waals surface area contributed by atoms with Crippen LogP contribution in [-0.2, 0) is 0 Å². The van der Waals surface area contributed by atoms with Gasteiger partial charge in [-0.2, -0.15) is 5.26 Å². The molecule has 0 spiro atoms. The highest BCUT2D eigenvalue weighted by atomic mass is 16.5. The highest BCUT2D eigenvalue weighted by Crippen LogP contribution is 2.33. The van der Waals surface area contributed by atoms with Gasteiger partial charge in [0, 0.05) is 23.5 Å². The van der Waals surface area contributed by atoms with E-state index >= 15 is 0 Å². The lowest BCUT2D eigenvalue weighted by molar-refractivity contribution is 0.411. The molecule has 0 atom stereocenters. The SMILES string of the molecule is COc1c(-c2cnccc2C)cc(C#N)nc1C. The molecule has 0 aromatic carbocycles. The first kappa shape index (κ1) is 12.1. The molecule has 0 bridgehead atoms. The number of pyridine rings is 2. The van der Waals surface area contributed by atoms with Crippen molar-refractivity contribution in [2.75, 3.05) is 7.11 Å². The van der Waals surface area contributed by atoms with E-state index in [1.807, 2.05) is 19.9 Å². The second-order valence-corrected chi connectivity index (χ2v) is 3.98. The summed E-state index contributed by atoms with van der Waals surface area (Å²) < 4.78 is 5.39. The van der Waals surface area contributed by atoms with Crippen LogP contribution >= 0.6 is 0 Å². The molecule has 0 unspecified atom stereocenters. The minimum atomic E-state index is 0.381. The van der Waals surface area contributed by atoms with E-state index in [9.17, 15) is 0 Å². The number of hydrogen-bond acceptors (Lipinski definition) is 4. The third-order valence-corrected chi connectivity index (χ3v) is 2.79. The molecular weight excluding hydrogens is 226 g/mol. The smallest absolute Gasteiger partial charge is 0.148 e. The van der Waals surface area contributed by atoms with Gasteiger partial charge in [-0.05, 0) is 31.5 Å². The molecule has 18 heavy (non-hydrogen) atoms. The maximum Gasteiger partial charge on any atom is 0.148 e. The first-order chi connectivity index (χ1) is 8.67. The maximum absolute atomic E-state index is 9.00. The van der Waals surface area contributed by atoms with Crippen LogP contribution < -0.4 is 4.74 Å². The van der Waals surface area contributed by atoms with Gasteiger partial charge in [-0.25, -0.2) is 4.98 Å². The molecule has 0 aliphatic heterocycles. The van der Waals surface area contributed by atoms with Crippen LogP contribution in [0.4, 0.5) is 0 Å². The van der Waals surface area contributed by atoms with Crippen LogP contribution in [0.5, 0.6) is 5.75 Å². The molecule has 0 N–H and O–H groups in total. The van der Waals surface area contributed by atoms with Gasteiger partial charge in [0.05, 0.1) is 12.8 Å². The van der Waals surface area contributed by atoms with Crippen molar-refractivity contribution >= 4 is 0 Å². The lowest BCUT2D eigenvalue weighted by atomic mass is 10.0. The van der Waals surface area contributed by atoms with Crippen molar-refractivity contribution in [2.45, 2.75) is 13.8 Å². The minimum Gasteiger partial charge on any atom is -0.494 e. The fourth-order valence-electron chi connectivity index (χ4n) is 1.92. The highest BCUT2D eigenvalue weighted by Gasteiger charge is 2.13. The van der Waals surface area contributed by atoms with E-state index in [1.54, 1.807) is 25.6 Å². The molecular formula is C14H13N3O. The Kier molecular flexibility index (Phi) is 3.24. The predicted octanol–water partition coefficient (Wildman–Crippen LogP) is 2.64. The topological polar surface area (TPSA) is 58.8 Å². The molecule has 0 saturated carbocycles. The molecule has 0 aliphatic rings. The van der Waals surface area contributed by atoms with E-state index in [2.05, 4.69) is 16.0 Å². The molecule has 0 saturated heterocycles. The average Bonchev–Trinajstić information content (AvgIpc) is 2.38. The fourth-order valence-corrected chi connectivity index (χ4v) is 1.92. The van der Waals surface area contributed by atoms with E-state index in [4.69, 9.17) is 10.00 Å². The Bertz CT molecular complexity index is 629. The van der Waals surface area contributed by atoms with Gasteiger partial charge in [-0.3, -0.25) is 4.98 Å². The summed E-state index contributed by atoms with van der Waals surface area (Å²) >= 11 is 0. The lowest BCUT2D eigenvalue weighted by Gasteiger charge is -2.12. The Morgan fingerprint density at radius 1 is 1.28 bits per heavy atom. The van der Waals surface area contributed by atoms with Crippen LogP contribution in [0.25, 0.3) is 11.1 Å². The molecule has 4 heteroatoms. The van der Waals surface area contributed by atoms with E-state index in [0.29, 0.717) is 17.1 Å². The van der Waals surface area contributed by atoms with Gasteiger partial charge in [0.15, 0.2) is 0 Å². The quantitative estimate of drug-likeness (QED) is 0.808. The summed E-state index contributed by atoms with van der Waals surface area (Å²) in [7, 11) is 1.60. The van der Waals surface area contributed by atoms with Gasteiger partial charge < -0.3 is 4.74 Å². The molecule has 2 heterocycles. The number of aryl methyl sites for hydroxylation is 2. The van der Waals surface area contributed by atoms with Gasteiger partial charge in [0.25, 0.3) is 0 Å². The summed E-state index contributed by atoms with van der Waals surface area (Å²) in [4.78, 5) is 8.30. The van der Waals surface area contributed by atoms with Crippen molar-refractivity contribution in [2.24, 2.45) is 0 Å². The number of aromatic nitrogens is 2. The summed E-state index contributed by atoms with van der Waals surface area (Å²) in [5, 5.41) is 9.00. The van der Waals surface area contributed by atoms with Gasteiger partial charge in [-0.1, -0.05) is 0 Å². The Labute approximate surface area is 106 Å². The number of ether oxygens (including phenoxy) is 1. The van der Waals surface area contributed by atoms with Crippen LogP contribution in [0.15, 0.2) is 24.5 Å². The Morgan fingerprint density at radius 3 is 2.67 bits per heavy atom. The lowest BCUT2D eigenvalue weighted by Crippen LogP contribution is -1.98. The van der Waals surface area contributed by atoms with Crippen LogP contribution in [0.1, 0.15) is 17.0 Å². The van der Waals surface area contributed by atoms with Crippen molar-refractivity contribution in [1.29, 1.82) is 5.26 Å². The number of hydrogen-bond donors (Lipinski definition) is 0. The van der Waals surface area contributed by atoms with Crippen molar-refractivity contribution in [3.05, 3.63) is 41.5 Å². The number of nitrogens with zero attached hydrogens (tertiary/aromatic N) is 3. The van der Waals surface area contributed by atoms with Crippen LogP contribution in [-0.4, -0.2) is 17.1 Å². The van der Waals surface area contributed by atoms with E-state index in [-0.39, 0.29) is 0 Å². The van der Waals surface area contributed by atoms with E-state index in [1.165, 1.54) is 0 Å². The summed E-state index contributed by atoms with van der Waals surface area (Å²) in [6, 6.07) is 5.72. The molecule has 90 valence electrons. The normalized spacial score (nSPS) is 9.89. The van der Waals surface area contributed by atoms with Crippen molar-refractivity contribution in [1.82, 2.24) is 9.97 Å². The average molecular weight is 239 g/mol. The van der Waals surface area contributed by atoms with Crippen molar-refractivity contribution in [3.8, 4) is 22.9 Å². The van der Waals surface area contributed by atoms with Gasteiger partial charge in [0.2, 0.25) is 0 Å². The summed E-state index contributed by atoms with van der Waals surface area (Å²) in [5.41, 5.74) is 3.97. The van der Waals surface area contributed by atoms with Crippen molar-refractivity contribution < 1.29 is 4.74 Å². The van der Waals surface area contributed by atoms with Gasteiger partial charge >= 0.3 is 0 Å². The first-order valence-corrected chi connectivity index (χ1v) is 5.54. The van der Waals surface area contributed by atoms with Gasteiger partial charge in [0.1, 0.15) is 17.5 Å². The molecule has 2 aromatic heterocycles. The highest BCUT2D eigenvalue weighted by molar-refractivity contribution is 5.74. The monoisotopic (exact) mass is 239 g/mol. The molecule has 0 fully saturated rings. The zero-order chi connectivity index (χ0) is 13.1. The van der Waals surface area contributed by atoms with Crippen LogP contribution in [0.3, 0.4) is 0 Å². The zero-order valence-corrected chi connectivity index (χ0v) is 10.6. The van der Waals surface area contributed by atoms with Gasteiger partial charge in [-0.15, -0.1) is 0 Å². The minimum absolute atomic E-state index is 0.381. The van der Waals surface area contributed by atoms with E-state index in [0.717, 1.165) is 16.7 Å². The van der Waals surface area contributed by atoms with Crippen LogP contribution in [0.2, 0.25) is 0 Å². The zero-order valence-electron chi connectivity index (χ0n) is 10.6.